The van der Waals surface area contributed by atoms with Gasteiger partial charge in [-0.2, -0.15) is 0 Å². The summed E-state index contributed by atoms with van der Waals surface area (Å²) in [4.78, 5) is 0. The van der Waals surface area contributed by atoms with Crippen molar-refractivity contribution >= 4 is 30.1 Å². The Kier molecular flexibility index (Phi) is 6.67. The normalized spacial score (nSPS) is 14.6. The summed E-state index contributed by atoms with van der Waals surface area (Å²) in [7, 11) is 0.0682. The molecular weight excluding hydrogens is 304 g/mol. The molecule has 7 heteroatoms. The third-order valence-electron chi connectivity index (χ3n) is 5.06. The maximum atomic E-state index is 6.09. The second-order valence-electron chi connectivity index (χ2n) is 6.54. The fourth-order valence-electron chi connectivity index (χ4n) is 3.65. The lowest BCUT2D eigenvalue weighted by Crippen LogP contribution is -2.86. The van der Waals surface area contributed by atoms with E-state index < -0.39 is 30.1 Å². The van der Waals surface area contributed by atoms with Gasteiger partial charge in [-0.15, -0.1) is 6.58 Å². The van der Waals surface area contributed by atoms with E-state index in [0.717, 1.165) is 6.04 Å². The Morgan fingerprint density at radius 1 is 0.737 bits per heavy atom. The average molecular weight is 337 g/mol. The van der Waals surface area contributed by atoms with Gasteiger partial charge in [-0.05, 0) is 45.3 Å². The van der Waals surface area contributed by atoms with Crippen molar-refractivity contribution in [2.75, 3.05) is 21.3 Å². The molecule has 0 aromatic heterocycles. The van der Waals surface area contributed by atoms with Crippen molar-refractivity contribution in [1.82, 2.24) is 0 Å². The Labute approximate surface area is 123 Å². The van der Waals surface area contributed by atoms with Crippen LogP contribution < -0.4 is 0 Å². The van der Waals surface area contributed by atoms with E-state index in [1.807, 2.05) is 21.3 Å². The van der Waals surface area contributed by atoms with Crippen LogP contribution >= 0.6 is 0 Å². The van der Waals surface area contributed by atoms with Crippen LogP contribution in [0.5, 0.6) is 0 Å². The quantitative estimate of drug-likeness (QED) is 0.502. The van der Waals surface area contributed by atoms with Gasteiger partial charge in [-0.25, -0.2) is 0 Å². The van der Waals surface area contributed by atoms with Gasteiger partial charge in [-0.1, -0.05) is 6.08 Å². The summed E-state index contributed by atoms with van der Waals surface area (Å²) < 4.78 is 18.3. The zero-order chi connectivity index (χ0) is 15.5. The molecule has 0 aliphatic carbocycles. The highest BCUT2D eigenvalue weighted by molar-refractivity contribution is 7.87. The van der Waals surface area contributed by atoms with E-state index in [9.17, 15) is 0 Å². The van der Waals surface area contributed by atoms with Gasteiger partial charge in [0, 0.05) is 21.3 Å². The predicted molar refractivity (Wildman–Crippen MR) is 94.2 cm³/mol. The lowest BCUT2D eigenvalue weighted by molar-refractivity contribution is 0.402. The molecule has 19 heavy (non-hydrogen) atoms. The van der Waals surface area contributed by atoms with E-state index >= 15 is 0 Å². The molecule has 0 saturated heterocycles. The van der Waals surface area contributed by atoms with Crippen LogP contribution in [0.4, 0.5) is 0 Å². The SMILES string of the molecule is C=CC[Si]([Si](C)(C)OC)([Si](C)(C)OC)[Si](C)(C)OC. The first-order chi connectivity index (χ1) is 8.49. The molecule has 0 saturated carbocycles. The Hall–Kier alpha value is 0.488. The highest BCUT2D eigenvalue weighted by Crippen LogP contribution is 2.40. The van der Waals surface area contributed by atoms with Crippen LogP contribution in [0, 0.1) is 0 Å². The molecule has 114 valence electrons. The van der Waals surface area contributed by atoms with Gasteiger partial charge in [0.1, 0.15) is 6.63 Å². The topological polar surface area (TPSA) is 27.7 Å². The summed E-state index contributed by atoms with van der Waals surface area (Å²) in [5.41, 5.74) is 0. The van der Waals surface area contributed by atoms with Gasteiger partial charge in [0.2, 0.25) is 0 Å². The molecule has 0 aliphatic heterocycles. The lowest BCUT2D eigenvalue weighted by atomic mass is 10.8. The maximum absolute atomic E-state index is 6.09. The average Bonchev–Trinajstić information content (AvgIpc) is 2.34. The minimum atomic E-state index is -1.85. The molecular formula is C12H32O3Si4. The van der Waals surface area contributed by atoms with Crippen molar-refractivity contribution in [3.63, 3.8) is 0 Å². The highest BCUT2D eigenvalue weighted by Gasteiger charge is 2.69. The maximum Gasteiger partial charge on any atom is 0.174 e. The largest absolute Gasteiger partial charge is 0.423 e. The second kappa shape index (κ2) is 6.50. The zero-order valence-electron chi connectivity index (χ0n) is 14.2. The summed E-state index contributed by atoms with van der Waals surface area (Å²) in [5.74, 6) is 0. The molecule has 0 heterocycles. The molecule has 0 unspecified atom stereocenters. The number of allylic oxidation sites excluding steroid dienone is 1. The lowest BCUT2D eigenvalue weighted by Gasteiger charge is -2.55. The third-order valence-corrected chi connectivity index (χ3v) is 69.9. The van der Waals surface area contributed by atoms with Crippen molar-refractivity contribution in [2.45, 2.75) is 45.3 Å². The van der Waals surface area contributed by atoms with E-state index in [0.29, 0.717) is 0 Å². The van der Waals surface area contributed by atoms with Crippen molar-refractivity contribution in [3.05, 3.63) is 12.7 Å². The van der Waals surface area contributed by atoms with Crippen molar-refractivity contribution in [1.29, 1.82) is 0 Å². The van der Waals surface area contributed by atoms with Crippen LogP contribution in [0.1, 0.15) is 0 Å². The monoisotopic (exact) mass is 336 g/mol. The molecule has 0 spiro atoms. The van der Waals surface area contributed by atoms with Crippen molar-refractivity contribution < 1.29 is 13.3 Å². The van der Waals surface area contributed by atoms with Crippen LogP contribution in [0.2, 0.25) is 45.3 Å². The summed E-state index contributed by atoms with van der Waals surface area (Å²) >= 11 is 0. The van der Waals surface area contributed by atoms with Crippen LogP contribution in [0.25, 0.3) is 0 Å². The smallest absolute Gasteiger partial charge is 0.174 e. The number of hydrogen-bond acceptors (Lipinski definition) is 3. The molecule has 0 aromatic rings. The fourth-order valence-corrected chi connectivity index (χ4v) is 77.5. The van der Waals surface area contributed by atoms with Crippen LogP contribution in [0.15, 0.2) is 12.7 Å². The van der Waals surface area contributed by atoms with Crippen molar-refractivity contribution in [2.24, 2.45) is 0 Å². The minimum Gasteiger partial charge on any atom is -0.423 e. The Balaban J connectivity index is 6.30. The molecule has 0 atom stereocenters. The van der Waals surface area contributed by atoms with E-state index in [2.05, 4.69) is 51.9 Å². The van der Waals surface area contributed by atoms with Gasteiger partial charge in [0.25, 0.3) is 0 Å². The van der Waals surface area contributed by atoms with Crippen LogP contribution in [-0.2, 0) is 13.3 Å². The number of hydrogen-bond donors (Lipinski definition) is 0. The molecule has 0 aromatic carbocycles. The molecule has 0 aliphatic rings. The minimum absolute atomic E-state index is 1.06. The fraction of sp³-hybridized carbons (Fsp3) is 0.833. The summed E-state index contributed by atoms with van der Waals surface area (Å²) in [6.45, 7) is 16.3. The van der Waals surface area contributed by atoms with E-state index in [4.69, 9.17) is 13.3 Å². The van der Waals surface area contributed by atoms with E-state index in [1.54, 1.807) is 0 Å². The zero-order valence-corrected chi connectivity index (χ0v) is 18.2. The summed E-state index contributed by atoms with van der Waals surface area (Å²) in [6.07, 6.45) is 2.08. The van der Waals surface area contributed by atoms with Crippen LogP contribution in [0.3, 0.4) is 0 Å². The molecule has 0 radical (unpaired) electrons. The third kappa shape index (κ3) is 3.07. The van der Waals surface area contributed by atoms with Gasteiger partial charge < -0.3 is 13.3 Å². The van der Waals surface area contributed by atoms with Gasteiger partial charge >= 0.3 is 0 Å². The Morgan fingerprint density at radius 2 is 1.00 bits per heavy atom. The van der Waals surface area contributed by atoms with Crippen molar-refractivity contribution in [3.8, 4) is 0 Å². The molecule has 0 N–H and O–H groups in total. The molecule has 3 nitrogen and oxygen atoms in total. The molecule has 0 amide bonds. The summed E-state index contributed by atoms with van der Waals surface area (Å²) in [5, 5.41) is 0. The molecule has 0 bridgehead atoms. The Morgan fingerprint density at radius 3 is 1.16 bits per heavy atom. The van der Waals surface area contributed by atoms with Gasteiger partial charge in [0.15, 0.2) is 23.5 Å². The predicted octanol–water partition coefficient (Wildman–Crippen LogP) is 3.41. The highest BCUT2D eigenvalue weighted by atomic mass is 29.9. The molecule has 0 rings (SSSR count). The van der Waals surface area contributed by atoms with Crippen LogP contribution in [-0.4, -0.2) is 51.5 Å². The first-order valence-corrected chi connectivity index (χ1v) is 20.7. The van der Waals surface area contributed by atoms with E-state index in [-0.39, 0.29) is 0 Å². The molecule has 0 fully saturated rings. The Bertz CT molecular complexity index is 275. The second-order valence-corrected chi connectivity index (χ2v) is 42.1. The summed E-state index contributed by atoms with van der Waals surface area (Å²) in [6, 6.07) is 1.06. The first kappa shape index (κ1) is 19.5. The van der Waals surface area contributed by atoms with Gasteiger partial charge in [0.05, 0.1) is 0 Å². The number of rotatable bonds is 8. The first-order valence-electron chi connectivity index (χ1n) is 6.76. The standard InChI is InChI=1S/C12H32O3Si4/c1-11-12-19(16(5,6)13-2,17(7,8)14-3)18(9,10)15-4/h11H,1,12H2,2-10H3. The van der Waals surface area contributed by atoms with E-state index in [1.165, 1.54) is 0 Å². The van der Waals surface area contributed by atoms with Gasteiger partial charge in [-0.3, -0.25) is 0 Å².